The van der Waals surface area contributed by atoms with Crippen LogP contribution in [0.5, 0.6) is 0 Å². The molecule has 5 nitrogen and oxygen atoms in total. The zero-order valence-corrected chi connectivity index (χ0v) is 7.94. The predicted molar refractivity (Wildman–Crippen MR) is 45.2 cm³/mol. The molecule has 5 heteroatoms. The molecule has 78 valence electrons. The Morgan fingerprint density at radius 2 is 1.86 bits per heavy atom. The minimum atomic E-state index is -1.88. The molecule has 0 fully saturated rings. The molecule has 0 aliphatic heterocycles. The Morgan fingerprint density at radius 1 is 1.36 bits per heavy atom. The largest absolute Gasteiger partial charge is 0.541 e. The molecule has 0 bridgehead atoms. The molecule has 0 aromatic heterocycles. The fourth-order valence-electron chi connectivity index (χ4n) is 0.911. The maximum Gasteiger partial charge on any atom is 0.307 e. The van der Waals surface area contributed by atoms with Gasteiger partial charge in [0.05, 0.1) is 6.42 Å². The lowest BCUT2D eigenvalue weighted by atomic mass is 10.0. The van der Waals surface area contributed by atoms with Gasteiger partial charge in [-0.2, -0.15) is 0 Å². The number of carboxylic acids is 2. The molecule has 1 N–H and O–H groups in total. The van der Waals surface area contributed by atoms with E-state index in [4.69, 9.17) is 5.11 Å². The van der Waals surface area contributed by atoms with E-state index in [2.05, 4.69) is 0 Å². The van der Waals surface area contributed by atoms with E-state index in [1.54, 1.807) is 13.8 Å². The number of allylic oxidation sites excluding steroid dienone is 1. The monoisotopic (exact) mass is 199 g/mol. The van der Waals surface area contributed by atoms with Crippen molar-refractivity contribution in [3.05, 3.63) is 11.6 Å². The SMILES string of the molecule is CC(C)/C=C(\CC(=O)O)C(=O)C(=O)[O-]. The van der Waals surface area contributed by atoms with E-state index < -0.39 is 24.1 Å². The summed E-state index contributed by atoms with van der Waals surface area (Å²) in [5, 5.41) is 18.6. The van der Waals surface area contributed by atoms with Crippen LogP contribution in [0.3, 0.4) is 0 Å². The van der Waals surface area contributed by atoms with Crippen molar-refractivity contribution in [1.29, 1.82) is 0 Å². The maximum atomic E-state index is 10.9. The van der Waals surface area contributed by atoms with Crippen molar-refractivity contribution in [3.63, 3.8) is 0 Å². The Labute approximate surface area is 81.0 Å². The normalized spacial score (nSPS) is 11.5. The molecule has 0 aromatic carbocycles. The van der Waals surface area contributed by atoms with Gasteiger partial charge in [0.25, 0.3) is 0 Å². The van der Waals surface area contributed by atoms with Crippen LogP contribution in [0.4, 0.5) is 0 Å². The first-order valence-electron chi connectivity index (χ1n) is 4.02. The third kappa shape index (κ3) is 4.39. The zero-order chi connectivity index (χ0) is 11.3. The van der Waals surface area contributed by atoms with E-state index in [0.717, 1.165) is 0 Å². The van der Waals surface area contributed by atoms with E-state index in [1.807, 2.05) is 0 Å². The number of Topliss-reactive ketones (excluding diaryl/α,β-unsaturated/α-hetero) is 1. The highest BCUT2D eigenvalue weighted by Gasteiger charge is 2.14. The van der Waals surface area contributed by atoms with Crippen LogP contribution in [0.25, 0.3) is 0 Å². The second-order valence-electron chi connectivity index (χ2n) is 3.12. The molecule has 0 atom stereocenters. The van der Waals surface area contributed by atoms with Crippen molar-refractivity contribution in [2.45, 2.75) is 20.3 Å². The van der Waals surface area contributed by atoms with Crippen LogP contribution in [0.15, 0.2) is 11.6 Å². The quantitative estimate of drug-likeness (QED) is 0.469. The summed E-state index contributed by atoms with van der Waals surface area (Å²) in [5.41, 5.74) is -0.243. The highest BCUT2D eigenvalue weighted by molar-refractivity contribution is 6.39. The van der Waals surface area contributed by atoms with Crippen LogP contribution < -0.4 is 5.11 Å². The molecule has 0 aliphatic carbocycles. The minimum Gasteiger partial charge on any atom is -0.541 e. The standard InChI is InChI=1S/C9H12O5/c1-5(2)3-6(4-7(10)11)8(12)9(13)14/h3,5H,4H2,1-2H3,(H,10,11)(H,13,14)/p-1/b6-3+. The number of hydrogen-bond donors (Lipinski definition) is 1. The van der Waals surface area contributed by atoms with Crippen LogP contribution in [0.1, 0.15) is 20.3 Å². The number of rotatable bonds is 5. The van der Waals surface area contributed by atoms with Gasteiger partial charge in [-0.3, -0.25) is 9.59 Å². The van der Waals surface area contributed by atoms with Crippen LogP contribution in [0.2, 0.25) is 0 Å². The first kappa shape index (κ1) is 12.3. The topological polar surface area (TPSA) is 94.5 Å². The molecule has 0 rings (SSSR count). The van der Waals surface area contributed by atoms with Crippen molar-refractivity contribution < 1.29 is 24.6 Å². The summed E-state index contributed by atoms with van der Waals surface area (Å²) in [6, 6.07) is 0. The van der Waals surface area contributed by atoms with Crippen molar-refractivity contribution in [3.8, 4) is 0 Å². The Hall–Kier alpha value is -1.65. The van der Waals surface area contributed by atoms with Gasteiger partial charge in [-0.25, -0.2) is 0 Å². The van der Waals surface area contributed by atoms with Gasteiger partial charge in [-0.15, -0.1) is 0 Å². The van der Waals surface area contributed by atoms with E-state index in [1.165, 1.54) is 6.08 Å². The molecule has 0 aromatic rings. The Bertz CT molecular complexity index is 288. The van der Waals surface area contributed by atoms with Gasteiger partial charge < -0.3 is 15.0 Å². The summed E-state index contributed by atoms with van der Waals surface area (Å²) < 4.78 is 0. The van der Waals surface area contributed by atoms with Crippen LogP contribution in [-0.2, 0) is 14.4 Å². The molecular formula is C9H11O5-. The van der Waals surface area contributed by atoms with Gasteiger partial charge in [-0.05, 0) is 5.92 Å². The maximum absolute atomic E-state index is 10.9. The average Bonchev–Trinajstić information content (AvgIpc) is 1.99. The second kappa shape index (κ2) is 5.16. The lowest BCUT2D eigenvalue weighted by Gasteiger charge is -2.06. The lowest BCUT2D eigenvalue weighted by Crippen LogP contribution is -2.33. The lowest BCUT2D eigenvalue weighted by molar-refractivity contribution is -0.299. The molecule has 0 unspecified atom stereocenters. The highest BCUT2D eigenvalue weighted by Crippen LogP contribution is 2.08. The summed E-state index contributed by atoms with van der Waals surface area (Å²) in [5.74, 6) is -4.47. The first-order valence-corrected chi connectivity index (χ1v) is 4.02. The van der Waals surface area contributed by atoms with Gasteiger partial charge in [0.1, 0.15) is 5.97 Å². The number of carboxylic acid groups (broad SMARTS) is 2. The van der Waals surface area contributed by atoms with Gasteiger partial charge >= 0.3 is 5.97 Å². The number of carbonyl (C=O) groups excluding carboxylic acids is 2. The fraction of sp³-hybridized carbons (Fsp3) is 0.444. The molecule has 0 saturated carbocycles. The van der Waals surface area contributed by atoms with E-state index in [9.17, 15) is 19.5 Å². The molecule has 0 amide bonds. The minimum absolute atomic E-state index is 0.0901. The van der Waals surface area contributed by atoms with Gasteiger partial charge in [0.2, 0.25) is 5.78 Å². The fourth-order valence-corrected chi connectivity index (χ4v) is 0.911. The van der Waals surface area contributed by atoms with Crippen molar-refractivity contribution >= 4 is 17.7 Å². The number of carbonyl (C=O) groups is 3. The van der Waals surface area contributed by atoms with Crippen molar-refractivity contribution in [2.24, 2.45) is 5.92 Å². The summed E-state index contributed by atoms with van der Waals surface area (Å²) in [7, 11) is 0. The first-order chi connectivity index (χ1) is 6.34. The molecule has 0 radical (unpaired) electrons. The molecule has 0 heterocycles. The summed E-state index contributed by atoms with van der Waals surface area (Å²) >= 11 is 0. The van der Waals surface area contributed by atoms with E-state index in [-0.39, 0.29) is 11.5 Å². The molecule has 0 spiro atoms. The third-order valence-electron chi connectivity index (χ3n) is 1.35. The summed E-state index contributed by atoms with van der Waals surface area (Å²) in [4.78, 5) is 31.4. The number of ketones is 1. The second-order valence-corrected chi connectivity index (χ2v) is 3.12. The van der Waals surface area contributed by atoms with Crippen LogP contribution in [0, 0.1) is 5.92 Å². The van der Waals surface area contributed by atoms with E-state index >= 15 is 0 Å². The Morgan fingerprint density at radius 3 is 2.14 bits per heavy atom. The molecule has 0 aliphatic rings. The third-order valence-corrected chi connectivity index (χ3v) is 1.35. The van der Waals surface area contributed by atoms with Crippen molar-refractivity contribution in [1.82, 2.24) is 0 Å². The van der Waals surface area contributed by atoms with E-state index in [0.29, 0.717) is 0 Å². The number of aliphatic carboxylic acids is 2. The number of hydrogen-bond acceptors (Lipinski definition) is 4. The van der Waals surface area contributed by atoms with Gasteiger partial charge in [0, 0.05) is 5.57 Å². The average molecular weight is 199 g/mol. The highest BCUT2D eigenvalue weighted by atomic mass is 16.4. The van der Waals surface area contributed by atoms with Crippen molar-refractivity contribution in [2.75, 3.05) is 0 Å². The molecular weight excluding hydrogens is 188 g/mol. The zero-order valence-electron chi connectivity index (χ0n) is 7.94. The smallest absolute Gasteiger partial charge is 0.307 e. The molecule has 0 saturated heterocycles. The molecule has 14 heavy (non-hydrogen) atoms. The Balaban J connectivity index is 4.82. The van der Waals surface area contributed by atoms with Gasteiger partial charge in [0.15, 0.2) is 0 Å². The van der Waals surface area contributed by atoms with Crippen LogP contribution >= 0.6 is 0 Å². The summed E-state index contributed by atoms with van der Waals surface area (Å²) in [6.07, 6.45) is 0.719. The van der Waals surface area contributed by atoms with Crippen LogP contribution in [-0.4, -0.2) is 22.8 Å². The Kier molecular flexibility index (Phi) is 4.55. The van der Waals surface area contributed by atoms with Gasteiger partial charge in [-0.1, -0.05) is 19.9 Å². The summed E-state index contributed by atoms with van der Waals surface area (Å²) in [6.45, 7) is 3.43. The predicted octanol–water partition coefficient (Wildman–Crippen LogP) is -0.637.